The first-order chi connectivity index (χ1) is 13.1. The van der Waals surface area contributed by atoms with Crippen molar-refractivity contribution in [1.29, 1.82) is 0 Å². The molecule has 4 rings (SSSR count). The Morgan fingerprint density at radius 1 is 1.00 bits per heavy atom. The number of anilines is 1. The number of hydrogen-bond acceptors (Lipinski definition) is 3. The van der Waals surface area contributed by atoms with Gasteiger partial charge in [-0.15, -0.1) is 0 Å². The predicted molar refractivity (Wildman–Crippen MR) is 99.0 cm³/mol. The van der Waals surface area contributed by atoms with Crippen LogP contribution >= 0.6 is 0 Å². The Hall–Kier alpha value is -3.42. The molecule has 0 bridgehead atoms. The molecule has 7 nitrogen and oxygen atoms in total. The van der Waals surface area contributed by atoms with Gasteiger partial charge in [-0.2, -0.15) is 0 Å². The van der Waals surface area contributed by atoms with Crippen molar-refractivity contribution >= 4 is 28.7 Å². The van der Waals surface area contributed by atoms with Gasteiger partial charge in [-0.3, -0.25) is 4.79 Å². The second kappa shape index (κ2) is 7.06. The van der Waals surface area contributed by atoms with E-state index >= 15 is 0 Å². The van der Waals surface area contributed by atoms with E-state index in [1.165, 1.54) is 24.3 Å². The quantitative estimate of drug-likeness (QED) is 0.731. The first-order valence-electron chi connectivity index (χ1n) is 8.64. The maximum absolute atomic E-state index is 12.9. The SMILES string of the molecule is O=C(Nc1ccc(F)cc1)N1CCN(C(=O)c2ccc3nc[nH]c3c2)CC1. The molecule has 3 amide bonds. The number of rotatable bonds is 2. The normalized spacial score (nSPS) is 14.4. The Labute approximate surface area is 154 Å². The second-order valence-electron chi connectivity index (χ2n) is 6.35. The standard InChI is InChI=1S/C19H18FN5O2/c20-14-2-4-15(5-3-14)23-19(27)25-9-7-24(8-10-25)18(26)13-1-6-16-17(11-13)22-12-21-16/h1-6,11-12H,7-10H2,(H,21,22)(H,23,27). The smallest absolute Gasteiger partial charge is 0.321 e. The third kappa shape index (κ3) is 3.59. The Bertz CT molecular complexity index is 977. The Morgan fingerprint density at radius 3 is 2.44 bits per heavy atom. The van der Waals surface area contributed by atoms with Gasteiger partial charge in [-0.1, -0.05) is 0 Å². The van der Waals surface area contributed by atoms with E-state index in [1.54, 1.807) is 28.3 Å². The van der Waals surface area contributed by atoms with Crippen LogP contribution in [0.3, 0.4) is 0 Å². The van der Waals surface area contributed by atoms with E-state index in [0.717, 1.165) is 11.0 Å². The minimum absolute atomic E-state index is 0.0647. The molecule has 1 fully saturated rings. The van der Waals surface area contributed by atoms with Gasteiger partial charge in [-0.05, 0) is 42.5 Å². The molecule has 0 atom stereocenters. The number of benzene rings is 2. The summed E-state index contributed by atoms with van der Waals surface area (Å²) in [5, 5.41) is 2.74. The molecule has 2 heterocycles. The van der Waals surface area contributed by atoms with Gasteiger partial charge in [-0.25, -0.2) is 14.2 Å². The lowest BCUT2D eigenvalue weighted by atomic mass is 10.1. The number of nitrogens with one attached hydrogen (secondary N) is 2. The van der Waals surface area contributed by atoms with Gasteiger partial charge >= 0.3 is 6.03 Å². The van der Waals surface area contributed by atoms with Gasteiger partial charge in [0.1, 0.15) is 5.82 Å². The zero-order valence-electron chi connectivity index (χ0n) is 14.5. The van der Waals surface area contributed by atoms with Gasteiger partial charge in [0.2, 0.25) is 0 Å². The number of carbonyl (C=O) groups excluding carboxylic acids is 2. The van der Waals surface area contributed by atoms with E-state index in [9.17, 15) is 14.0 Å². The number of carbonyl (C=O) groups is 2. The Kier molecular flexibility index (Phi) is 4.45. The summed E-state index contributed by atoms with van der Waals surface area (Å²) in [4.78, 5) is 35.6. The van der Waals surface area contributed by atoms with Crippen LogP contribution in [0.1, 0.15) is 10.4 Å². The number of urea groups is 1. The summed E-state index contributed by atoms with van der Waals surface area (Å²) in [6.07, 6.45) is 1.59. The molecule has 138 valence electrons. The first kappa shape index (κ1) is 17.0. The number of imidazole rings is 1. The number of hydrogen-bond donors (Lipinski definition) is 2. The van der Waals surface area contributed by atoms with Crippen molar-refractivity contribution < 1.29 is 14.0 Å². The van der Waals surface area contributed by atoms with Crippen molar-refractivity contribution in [3.05, 3.63) is 60.2 Å². The zero-order valence-corrected chi connectivity index (χ0v) is 14.5. The van der Waals surface area contributed by atoms with E-state index in [-0.39, 0.29) is 17.8 Å². The van der Waals surface area contributed by atoms with E-state index in [0.29, 0.717) is 37.4 Å². The van der Waals surface area contributed by atoms with Gasteiger partial charge < -0.3 is 20.1 Å². The molecule has 3 aromatic rings. The van der Waals surface area contributed by atoms with Crippen molar-refractivity contribution in [2.24, 2.45) is 0 Å². The molecular formula is C19H18FN5O2. The molecule has 0 radical (unpaired) electrons. The second-order valence-corrected chi connectivity index (χ2v) is 6.35. The average molecular weight is 367 g/mol. The highest BCUT2D eigenvalue weighted by Crippen LogP contribution is 2.15. The van der Waals surface area contributed by atoms with Crippen LogP contribution in [-0.4, -0.2) is 57.9 Å². The molecule has 1 aromatic heterocycles. The number of piperazine rings is 1. The maximum atomic E-state index is 12.9. The zero-order chi connectivity index (χ0) is 18.8. The molecule has 2 aromatic carbocycles. The van der Waals surface area contributed by atoms with Crippen molar-refractivity contribution in [1.82, 2.24) is 19.8 Å². The molecule has 8 heteroatoms. The largest absolute Gasteiger partial charge is 0.345 e. The molecule has 2 N–H and O–H groups in total. The van der Waals surface area contributed by atoms with E-state index < -0.39 is 0 Å². The lowest BCUT2D eigenvalue weighted by Crippen LogP contribution is -2.51. The summed E-state index contributed by atoms with van der Waals surface area (Å²) in [6.45, 7) is 1.78. The van der Waals surface area contributed by atoms with Gasteiger partial charge in [0.25, 0.3) is 5.91 Å². The fourth-order valence-electron chi connectivity index (χ4n) is 3.10. The molecular weight excluding hydrogens is 349 g/mol. The van der Waals surface area contributed by atoms with Gasteiger partial charge in [0.15, 0.2) is 0 Å². The van der Waals surface area contributed by atoms with Crippen LogP contribution in [0.2, 0.25) is 0 Å². The van der Waals surface area contributed by atoms with Crippen LogP contribution in [-0.2, 0) is 0 Å². The number of aromatic nitrogens is 2. The number of halogens is 1. The van der Waals surface area contributed by atoms with E-state index in [1.807, 2.05) is 6.07 Å². The number of H-pyrrole nitrogens is 1. The summed E-state index contributed by atoms with van der Waals surface area (Å²) < 4.78 is 12.9. The number of aromatic amines is 1. The molecule has 0 saturated carbocycles. The topological polar surface area (TPSA) is 81.3 Å². The molecule has 1 saturated heterocycles. The summed E-state index contributed by atoms with van der Waals surface area (Å²) in [5.41, 5.74) is 2.76. The monoisotopic (exact) mass is 367 g/mol. The Morgan fingerprint density at radius 2 is 1.70 bits per heavy atom. The lowest BCUT2D eigenvalue weighted by Gasteiger charge is -2.34. The van der Waals surface area contributed by atoms with Gasteiger partial charge in [0.05, 0.1) is 17.4 Å². The average Bonchev–Trinajstić information content (AvgIpc) is 3.17. The van der Waals surface area contributed by atoms with Crippen molar-refractivity contribution in [3.8, 4) is 0 Å². The summed E-state index contributed by atoms with van der Waals surface area (Å²) in [5.74, 6) is -0.418. The van der Waals surface area contributed by atoms with Crippen LogP contribution in [0.4, 0.5) is 14.9 Å². The minimum atomic E-state index is -0.353. The fourth-order valence-corrected chi connectivity index (χ4v) is 3.10. The van der Waals surface area contributed by atoms with Crippen LogP contribution < -0.4 is 5.32 Å². The summed E-state index contributed by atoms with van der Waals surface area (Å²) in [7, 11) is 0. The minimum Gasteiger partial charge on any atom is -0.345 e. The highest BCUT2D eigenvalue weighted by Gasteiger charge is 2.25. The fraction of sp³-hybridized carbons (Fsp3) is 0.211. The third-order valence-electron chi connectivity index (χ3n) is 4.62. The predicted octanol–water partition coefficient (Wildman–Crippen LogP) is 2.69. The summed E-state index contributed by atoms with van der Waals surface area (Å²) >= 11 is 0. The van der Waals surface area contributed by atoms with Crippen molar-refractivity contribution in [2.75, 3.05) is 31.5 Å². The van der Waals surface area contributed by atoms with Gasteiger partial charge in [0, 0.05) is 37.4 Å². The number of fused-ring (bicyclic) bond motifs is 1. The van der Waals surface area contributed by atoms with Crippen LogP contribution in [0.15, 0.2) is 48.8 Å². The lowest BCUT2D eigenvalue weighted by molar-refractivity contribution is 0.0672. The Balaban J connectivity index is 1.35. The molecule has 0 unspecified atom stereocenters. The molecule has 0 spiro atoms. The van der Waals surface area contributed by atoms with Crippen LogP contribution in [0, 0.1) is 5.82 Å². The molecule has 27 heavy (non-hydrogen) atoms. The maximum Gasteiger partial charge on any atom is 0.321 e. The number of amides is 3. The van der Waals surface area contributed by atoms with Crippen LogP contribution in [0.25, 0.3) is 11.0 Å². The highest BCUT2D eigenvalue weighted by molar-refractivity contribution is 5.97. The third-order valence-corrected chi connectivity index (χ3v) is 4.62. The highest BCUT2D eigenvalue weighted by atomic mass is 19.1. The first-order valence-corrected chi connectivity index (χ1v) is 8.64. The molecule has 1 aliphatic rings. The van der Waals surface area contributed by atoms with Crippen molar-refractivity contribution in [3.63, 3.8) is 0 Å². The van der Waals surface area contributed by atoms with E-state index in [4.69, 9.17) is 0 Å². The van der Waals surface area contributed by atoms with E-state index in [2.05, 4.69) is 15.3 Å². The van der Waals surface area contributed by atoms with Crippen LogP contribution in [0.5, 0.6) is 0 Å². The van der Waals surface area contributed by atoms with Crippen molar-refractivity contribution in [2.45, 2.75) is 0 Å². The summed E-state index contributed by atoms with van der Waals surface area (Å²) in [6, 6.07) is 10.7. The number of nitrogens with zero attached hydrogens (tertiary/aromatic N) is 3. The molecule has 1 aliphatic heterocycles. The molecule has 0 aliphatic carbocycles.